The van der Waals surface area contributed by atoms with Gasteiger partial charge in [-0.2, -0.15) is 0 Å². The molecule has 0 saturated carbocycles. The molecule has 0 saturated heterocycles. The van der Waals surface area contributed by atoms with Gasteiger partial charge in [0.1, 0.15) is 12.6 Å². The van der Waals surface area contributed by atoms with Crippen LogP contribution in [0.2, 0.25) is 10.0 Å². The highest BCUT2D eigenvalue weighted by atomic mass is 35.5. The number of nitrogens with one attached hydrogen (secondary N) is 1. The van der Waals surface area contributed by atoms with Gasteiger partial charge in [-0.15, -0.1) is 0 Å². The van der Waals surface area contributed by atoms with E-state index in [0.717, 1.165) is 28.1 Å². The van der Waals surface area contributed by atoms with Crippen LogP contribution in [0.1, 0.15) is 44.7 Å². The number of aryl methyl sites for hydroxylation is 1. The Labute approximate surface area is 218 Å². The van der Waals surface area contributed by atoms with Gasteiger partial charge in [0.15, 0.2) is 0 Å². The van der Waals surface area contributed by atoms with E-state index in [9.17, 15) is 18.0 Å². The molecule has 10 heteroatoms. The number of benzene rings is 2. The van der Waals surface area contributed by atoms with Crippen LogP contribution in [-0.2, 0) is 26.2 Å². The summed E-state index contributed by atoms with van der Waals surface area (Å²) in [6.45, 7) is 7.12. The van der Waals surface area contributed by atoms with E-state index >= 15 is 0 Å². The molecular formula is C25H33Cl2N3O4S. The molecule has 0 aliphatic carbocycles. The van der Waals surface area contributed by atoms with Crippen LogP contribution < -0.4 is 9.62 Å². The fourth-order valence-electron chi connectivity index (χ4n) is 3.50. The summed E-state index contributed by atoms with van der Waals surface area (Å²) >= 11 is 12.2. The molecule has 0 fully saturated rings. The first-order valence-corrected chi connectivity index (χ1v) is 14.1. The van der Waals surface area contributed by atoms with Crippen molar-refractivity contribution in [3.63, 3.8) is 0 Å². The van der Waals surface area contributed by atoms with E-state index in [-0.39, 0.29) is 24.2 Å². The predicted octanol–water partition coefficient (Wildman–Crippen LogP) is 4.79. The number of carbonyl (C=O) groups is 2. The minimum absolute atomic E-state index is 0.0637. The smallest absolute Gasteiger partial charge is 0.244 e. The highest BCUT2D eigenvalue weighted by molar-refractivity contribution is 7.92. The fourth-order valence-corrected chi connectivity index (χ4v) is 4.64. The third kappa shape index (κ3) is 8.12. The van der Waals surface area contributed by atoms with Crippen molar-refractivity contribution >= 4 is 50.7 Å². The number of amides is 2. The van der Waals surface area contributed by atoms with Crippen molar-refractivity contribution < 1.29 is 18.0 Å². The third-order valence-electron chi connectivity index (χ3n) is 5.78. The monoisotopic (exact) mass is 541 g/mol. The Balaban J connectivity index is 2.45. The first kappa shape index (κ1) is 28.9. The van der Waals surface area contributed by atoms with Crippen LogP contribution in [0.25, 0.3) is 0 Å². The van der Waals surface area contributed by atoms with E-state index in [4.69, 9.17) is 23.2 Å². The van der Waals surface area contributed by atoms with Crippen molar-refractivity contribution in [2.75, 3.05) is 17.1 Å². The molecule has 35 heavy (non-hydrogen) atoms. The van der Waals surface area contributed by atoms with Crippen LogP contribution in [0.3, 0.4) is 0 Å². The molecule has 2 aromatic rings. The molecule has 0 aliphatic heterocycles. The lowest BCUT2D eigenvalue weighted by atomic mass is 10.1. The minimum Gasteiger partial charge on any atom is -0.352 e. The summed E-state index contributed by atoms with van der Waals surface area (Å²) in [6, 6.07) is 10.9. The normalized spacial score (nSPS) is 13.1. The van der Waals surface area contributed by atoms with Crippen LogP contribution in [-0.4, -0.2) is 50.0 Å². The van der Waals surface area contributed by atoms with E-state index in [2.05, 4.69) is 5.32 Å². The van der Waals surface area contributed by atoms with Crippen molar-refractivity contribution in [1.82, 2.24) is 10.2 Å². The van der Waals surface area contributed by atoms with E-state index in [0.29, 0.717) is 16.5 Å². The van der Waals surface area contributed by atoms with Crippen molar-refractivity contribution in [3.8, 4) is 0 Å². The summed E-state index contributed by atoms with van der Waals surface area (Å²) in [7, 11) is -3.82. The number of hydrogen-bond acceptors (Lipinski definition) is 4. The third-order valence-corrected chi connectivity index (χ3v) is 7.58. The molecule has 0 aromatic heterocycles. The van der Waals surface area contributed by atoms with Gasteiger partial charge in [0.25, 0.3) is 0 Å². The Kier molecular flexibility index (Phi) is 10.4. The van der Waals surface area contributed by atoms with Gasteiger partial charge in [-0.25, -0.2) is 8.42 Å². The van der Waals surface area contributed by atoms with Crippen molar-refractivity contribution in [3.05, 3.63) is 63.6 Å². The quantitative estimate of drug-likeness (QED) is 0.443. The second-order valence-corrected chi connectivity index (χ2v) is 11.3. The van der Waals surface area contributed by atoms with Gasteiger partial charge in [-0.05, 0) is 62.1 Å². The zero-order chi connectivity index (χ0) is 26.3. The number of carbonyl (C=O) groups excluding carboxylic acids is 2. The average Bonchev–Trinajstić information content (AvgIpc) is 2.79. The first-order valence-electron chi connectivity index (χ1n) is 11.5. The van der Waals surface area contributed by atoms with Crippen molar-refractivity contribution in [1.29, 1.82) is 0 Å². The Morgan fingerprint density at radius 3 is 2.17 bits per heavy atom. The van der Waals surface area contributed by atoms with Gasteiger partial charge in [-0.3, -0.25) is 13.9 Å². The largest absolute Gasteiger partial charge is 0.352 e. The Hall–Kier alpha value is -2.29. The highest BCUT2D eigenvalue weighted by Crippen LogP contribution is 2.25. The lowest BCUT2D eigenvalue weighted by molar-refractivity contribution is -0.140. The number of rotatable bonds is 11. The van der Waals surface area contributed by atoms with Crippen LogP contribution in [0, 0.1) is 6.92 Å². The standard InChI is InChI=1S/C25H33Cl2N3O4S/c1-6-18(4)28-25(32)23(7-2)29(15-19-9-11-20(26)12-10-19)24(31)16-30(35(5,33)34)21-13-8-17(3)22(27)14-21/h8-14,18,23H,6-7,15-16H2,1-5H3,(H,28,32)/t18-,23+/m0/s1. The molecule has 0 spiro atoms. The topological polar surface area (TPSA) is 86.8 Å². The molecule has 2 atom stereocenters. The van der Waals surface area contributed by atoms with Gasteiger partial charge in [0.2, 0.25) is 21.8 Å². The molecule has 0 aliphatic rings. The van der Waals surface area contributed by atoms with Crippen molar-refractivity contribution in [2.24, 2.45) is 0 Å². The summed E-state index contributed by atoms with van der Waals surface area (Å²) in [4.78, 5) is 28.2. The van der Waals surface area contributed by atoms with Crippen LogP contribution in [0.5, 0.6) is 0 Å². The molecule has 7 nitrogen and oxygen atoms in total. The van der Waals surface area contributed by atoms with Gasteiger partial charge < -0.3 is 10.2 Å². The average molecular weight is 543 g/mol. The number of nitrogens with zero attached hydrogens (tertiary/aromatic N) is 2. The maximum atomic E-state index is 13.6. The molecule has 2 aromatic carbocycles. The molecule has 1 N–H and O–H groups in total. The summed E-state index contributed by atoms with van der Waals surface area (Å²) in [5.74, 6) is -0.790. The molecule has 192 valence electrons. The molecule has 0 bridgehead atoms. The van der Waals surface area contributed by atoms with Gasteiger partial charge in [-0.1, -0.05) is 55.2 Å². The molecular weight excluding hydrogens is 509 g/mol. The van der Waals surface area contributed by atoms with Crippen LogP contribution >= 0.6 is 23.2 Å². The molecule has 0 radical (unpaired) electrons. The molecule has 0 heterocycles. The lowest BCUT2D eigenvalue weighted by Gasteiger charge is -2.33. The molecule has 2 rings (SSSR count). The second kappa shape index (κ2) is 12.6. The van der Waals surface area contributed by atoms with Crippen LogP contribution in [0.4, 0.5) is 5.69 Å². The maximum Gasteiger partial charge on any atom is 0.244 e. The number of anilines is 1. The SMILES string of the molecule is CC[C@H](C(=O)N[C@@H](C)CC)N(Cc1ccc(Cl)cc1)C(=O)CN(c1ccc(C)c(Cl)c1)S(C)(=O)=O. The van der Waals surface area contributed by atoms with Gasteiger partial charge in [0.05, 0.1) is 11.9 Å². The minimum atomic E-state index is -3.82. The maximum absolute atomic E-state index is 13.6. The van der Waals surface area contributed by atoms with E-state index in [1.807, 2.05) is 20.8 Å². The van der Waals surface area contributed by atoms with E-state index in [1.54, 1.807) is 43.3 Å². The predicted molar refractivity (Wildman–Crippen MR) is 142 cm³/mol. The zero-order valence-corrected chi connectivity index (χ0v) is 23.0. The number of hydrogen-bond donors (Lipinski definition) is 1. The Bertz CT molecular complexity index is 1140. The molecule has 2 amide bonds. The van der Waals surface area contributed by atoms with Crippen molar-refractivity contribution in [2.45, 2.75) is 59.2 Å². The van der Waals surface area contributed by atoms with E-state index in [1.165, 1.54) is 11.0 Å². The zero-order valence-electron chi connectivity index (χ0n) is 20.7. The summed E-state index contributed by atoms with van der Waals surface area (Å²) in [6.07, 6.45) is 2.13. The summed E-state index contributed by atoms with van der Waals surface area (Å²) < 4.78 is 26.3. The Morgan fingerprint density at radius 2 is 1.66 bits per heavy atom. The summed E-state index contributed by atoms with van der Waals surface area (Å²) in [5.41, 5.74) is 1.83. The first-order chi connectivity index (χ1) is 16.4. The second-order valence-electron chi connectivity index (χ2n) is 8.59. The lowest BCUT2D eigenvalue weighted by Crippen LogP contribution is -2.53. The number of sulfonamides is 1. The van der Waals surface area contributed by atoms with Gasteiger partial charge >= 0.3 is 0 Å². The van der Waals surface area contributed by atoms with E-state index < -0.39 is 28.5 Å². The number of halogens is 2. The summed E-state index contributed by atoms with van der Waals surface area (Å²) in [5, 5.41) is 3.88. The molecule has 0 unspecified atom stereocenters. The Morgan fingerprint density at radius 1 is 1.03 bits per heavy atom. The highest BCUT2D eigenvalue weighted by Gasteiger charge is 2.32. The van der Waals surface area contributed by atoms with Gasteiger partial charge in [0, 0.05) is 22.6 Å². The van der Waals surface area contributed by atoms with Crippen LogP contribution in [0.15, 0.2) is 42.5 Å². The fraction of sp³-hybridized carbons (Fsp3) is 0.440.